The molecule has 16 heavy (non-hydrogen) atoms. The first-order valence-electron chi connectivity index (χ1n) is 5.80. The summed E-state index contributed by atoms with van der Waals surface area (Å²) in [6.45, 7) is 4.49. The van der Waals surface area contributed by atoms with Crippen molar-refractivity contribution >= 4 is 16.7 Å². The lowest BCUT2D eigenvalue weighted by Crippen LogP contribution is -2.22. The Bertz CT molecular complexity index is 487. The highest BCUT2D eigenvalue weighted by atomic mass is 15.0. The van der Waals surface area contributed by atoms with Crippen molar-refractivity contribution in [3.63, 3.8) is 0 Å². The molecule has 0 fully saturated rings. The Morgan fingerprint density at radius 2 is 2.38 bits per heavy atom. The second-order valence-corrected chi connectivity index (χ2v) is 4.81. The molecule has 1 aromatic carbocycles. The average molecular weight is 211 g/mol. The van der Waals surface area contributed by atoms with Crippen molar-refractivity contribution in [2.75, 3.05) is 5.32 Å². The largest absolute Gasteiger partial charge is 0.366 e. The zero-order chi connectivity index (χ0) is 11.1. The summed E-state index contributed by atoms with van der Waals surface area (Å²) in [6, 6.07) is 11.8. The van der Waals surface area contributed by atoms with E-state index in [4.69, 9.17) is 0 Å². The molecule has 1 aliphatic rings. The lowest BCUT2D eigenvalue weighted by molar-refractivity contribution is 0.538. The Kier molecular flexibility index (Phi) is 2.10. The number of hydrogen-bond acceptors (Lipinski definition) is 2. The average Bonchev–Trinajstić information content (AvgIpc) is 2.68. The third kappa shape index (κ3) is 1.45. The fraction of sp³-hybridized carbons (Fsp3) is 0.357. The summed E-state index contributed by atoms with van der Waals surface area (Å²) in [7, 11) is 0. The molecular formula is C14H15N2. The first kappa shape index (κ1) is 9.64. The Morgan fingerprint density at radius 1 is 1.50 bits per heavy atom. The number of nitrogens with one attached hydrogen (secondary N) is 1. The van der Waals surface area contributed by atoms with Crippen LogP contribution in [0.15, 0.2) is 24.3 Å². The van der Waals surface area contributed by atoms with Crippen LogP contribution >= 0.6 is 0 Å². The van der Waals surface area contributed by atoms with Gasteiger partial charge in [0.25, 0.3) is 0 Å². The maximum atomic E-state index is 4.65. The van der Waals surface area contributed by atoms with Gasteiger partial charge in [0.1, 0.15) is 5.82 Å². The standard InChI is InChI=1S/C14H15N2/c1-9(2)13-8-11-7-10-5-3-4-6-12(10)15-14(11)16-13/h3,5-7,9,13H,8H2,1-2H3,(H,15,16)/t13-/m0/s1. The SMILES string of the molecule is CC(C)[C@@H]1Cc2cc3cc[c]cc3nc2N1. The minimum Gasteiger partial charge on any atom is -0.366 e. The molecule has 2 aromatic rings. The van der Waals surface area contributed by atoms with Gasteiger partial charge in [-0.3, -0.25) is 0 Å². The predicted molar refractivity (Wildman–Crippen MR) is 66.5 cm³/mol. The van der Waals surface area contributed by atoms with Crippen molar-refractivity contribution in [2.45, 2.75) is 26.3 Å². The molecule has 0 bridgehead atoms. The molecular weight excluding hydrogens is 196 g/mol. The molecule has 2 heterocycles. The molecule has 1 aliphatic heterocycles. The maximum Gasteiger partial charge on any atom is 0.130 e. The van der Waals surface area contributed by atoms with Crippen molar-refractivity contribution in [1.82, 2.24) is 4.98 Å². The fourth-order valence-corrected chi connectivity index (χ4v) is 2.25. The van der Waals surface area contributed by atoms with Gasteiger partial charge in [-0.2, -0.15) is 0 Å². The third-order valence-electron chi connectivity index (χ3n) is 3.31. The number of pyridine rings is 1. The van der Waals surface area contributed by atoms with Gasteiger partial charge in [-0.25, -0.2) is 4.98 Å². The van der Waals surface area contributed by atoms with Gasteiger partial charge in [0.05, 0.1) is 5.52 Å². The van der Waals surface area contributed by atoms with E-state index in [1.165, 1.54) is 10.9 Å². The van der Waals surface area contributed by atoms with Crippen LogP contribution < -0.4 is 5.32 Å². The monoisotopic (exact) mass is 211 g/mol. The van der Waals surface area contributed by atoms with Crippen LogP contribution in [0.3, 0.4) is 0 Å². The summed E-state index contributed by atoms with van der Waals surface area (Å²) in [6.07, 6.45) is 1.09. The molecule has 1 atom stereocenters. The van der Waals surface area contributed by atoms with Crippen LogP contribution in [0.2, 0.25) is 0 Å². The van der Waals surface area contributed by atoms with Gasteiger partial charge in [-0.15, -0.1) is 0 Å². The van der Waals surface area contributed by atoms with Gasteiger partial charge in [-0.1, -0.05) is 26.0 Å². The minimum atomic E-state index is 0.531. The van der Waals surface area contributed by atoms with Crippen molar-refractivity contribution in [3.8, 4) is 0 Å². The molecule has 1 aromatic heterocycles. The van der Waals surface area contributed by atoms with Gasteiger partial charge in [0, 0.05) is 11.4 Å². The summed E-state index contributed by atoms with van der Waals surface area (Å²) in [5, 5.41) is 4.71. The first-order valence-corrected chi connectivity index (χ1v) is 5.80. The van der Waals surface area contributed by atoms with Crippen LogP contribution in [0.1, 0.15) is 19.4 Å². The van der Waals surface area contributed by atoms with E-state index in [-0.39, 0.29) is 0 Å². The molecule has 0 saturated carbocycles. The molecule has 0 saturated heterocycles. The highest BCUT2D eigenvalue weighted by molar-refractivity contribution is 5.82. The van der Waals surface area contributed by atoms with E-state index < -0.39 is 0 Å². The van der Waals surface area contributed by atoms with Crippen molar-refractivity contribution < 1.29 is 0 Å². The summed E-state index contributed by atoms with van der Waals surface area (Å²) >= 11 is 0. The number of nitrogens with zero attached hydrogens (tertiary/aromatic N) is 1. The van der Waals surface area contributed by atoms with Crippen LogP contribution in [0, 0.1) is 12.0 Å². The van der Waals surface area contributed by atoms with E-state index >= 15 is 0 Å². The van der Waals surface area contributed by atoms with Crippen molar-refractivity contribution in [1.29, 1.82) is 0 Å². The smallest absolute Gasteiger partial charge is 0.130 e. The maximum absolute atomic E-state index is 4.65. The van der Waals surface area contributed by atoms with Crippen molar-refractivity contribution in [3.05, 3.63) is 35.9 Å². The second kappa shape index (κ2) is 3.48. The van der Waals surface area contributed by atoms with E-state index in [0.717, 1.165) is 17.8 Å². The highest BCUT2D eigenvalue weighted by Crippen LogP contribution is 2.29. The molecule has 1 radical (unpaired) electrons. The Balaban J connectivity index is 2.08. The molecule has 81 valence electrons. The molecule has 0 unspecified atom stereocenters. The van der Waals surface area contributed by atoms with Gasteiger partial charge in [0.2, 0.25) is 0 Å². The predicted octanol–water partition coefficient (Wildman–Crippen LogP) is 3.03. The van der Waals surface area contributed by atoms with Gasteiger partial charge >= 0.3 is 0 Å². The molecule has 0 spiro atoms. The zero-order valence-corrected chi connectivity index (χ0v) is 9.62. The lowest BCUT2D eigenvalue weighted by atomic mass is 10.0. The quantitative estimate of drug-likeness (QED) is 0.784. The normalized spacial score (nSPS) is 18.8. The minimum absolute atomic E-state index is 0.531. The molecule has 0 amide bonds. The van der Waals surface area contributed by atoms with Crippen LogP contribution in [0.5, 0.6) is 0 Å². The number of rotatable bonds is 1. The summed E-state index contributed by atoms with van der Waals surface area (Å²) in [5.74, 6) is 1.70. The topological polar surface area (TPSA) is 24.9 Å². The van der Waals surface area contributed by atoms with Crippen molar-refractivity contribution in [2.24, 2.45) is 5.92 Å². The van der Waals surface area contributed by atoms with Gasteiger partial charge in [0.15, 0.2) is 0 Å². The van der Waals surface area contributed by atoms with Crippen LogP contribution in [0.25, 0.3) is 10.9 Å². The fourth-order valence-electron chi connectivity index (χ4n) is 2.25. The highest BCUT2D eigenvalue weighted by Gasteiger charge is 2.24. The number of anilines is 1. The zero-order valence-electron chi connectivity index (χ0n) is 9.62. The van der Waals surface area contributed by atoms with Crippen LogP contribution in [-0.2, 0) is 6.42 Å². The van der Waals surface area contributed by atoms with E-state index in [9.17, 15) is 0 Å². The van der Waals surface area contributed by atoms with E-state index in [0.29, 0.717) is 12.0 Å². The van der Waals surface area contributed by atoms with E-state index in [1.54, 1.807) is 0 Å². The van der Waals surface area contributed by atoms with Gasteiger partial charge in [-0.05, 0) is 36.1 Å². The van der Waals surface area contributed by atoms with Gasteiger partial charge < -0.3 is 5.32 Å². The Hall–Kier alpha value is -1.57. The molecule has 2 heteroatoms. The summed E-state index contributed by atoms with van der Waals surface area (Å²) in [5.41, 5.74) is 2.37. The lowest BCUT2D eigenvalue weighted by Gasteiger charge is -2.14. The van der Waals surface area contributed by atoms with Crippen LogP contribution in [0.4, 0.5) is 5.82 Å². The molecule has 3 rings (SSSR count). The molecule has 2 nitrogen and oxygen atoms in total. The molecule has 0 aliphatic carbocycles. The third-order valence-corrected chi connectivity index (χ3v) is 3.31. The van der Waals surface area contributed by atoms with Crippen LogP contribution in [-0.4, -0.2) is 11.0 Å². The van der Waals surface area contributed by atoms with E-state index in [2.05, 4.69) is 42.3 Å². The molecule has 1 N–H and O–H groups in total. The second-order valence-electron chi connectivity index (χ2n) is 4.81. The number of fused-ring (bicyclic) bond motifs is 2. The number of benzene rings is 1. The Morgan fingerprint density at radius 3 is 3.19 bits per heavy atom. The number of hydrogen-bond donors (Lipinski definition) is 1. The first-order chi connectivity index (χ1) is 7.74. The number of aromatic nitrogens is 1. The Labute approximate surface area is 95.7 Å². The van der Waals surface area contributed by atoms with E-state index in [1.807, 2.05) is 12.1 Å². The summed E-state index contributed by atoms with van der Waals surface area (Å²) < 4.78 is 0. The summed E-state index contributed by atoms with van der Waals surface area (Å²) in [4.78, 5) is 4.65.